The van der Waals surface area contributed by atoms with E-state index in [1.54, 1.807) is 0 Å². The third-order valence-corrected chi connectivity index (χ3v) is 4.89. The molecule has 0 amide bonds. The maximum absolute atomic E-state index is 5.82. The van der Waals surface area contributed by atoms with Gasteiger partial charge in [-0.3, -0.25) is 4.72 Å². The highest BCUT2D eigenvalue weighted by Gasteiger charge is 2.26. The van der Waals surface area contributed by atoms with Crippen molar-refractivity contribution < 1.29 is 0 Å². The van der Waals surface area contributed by atoms with Crippen molar-refractivity contribution in [1.29, 1.82) is 0 Å². The summed E-state index contributed by atoms with van der Waals surface area (Å²) in [5.74, 6) is 0.752. The first-order valence-corrected chi connectivity index (χ1v) is 8.56. The molecule has 1 fully saturated rings. The maximum Gasteiger partial charge on any atom is 0.113 e. The van der Waals surface area contributed by atoms with Crippen LogP contribution in [0.1, 0.15) is 64.5 Å². The molecule has 1 atom stereocenters. The minimum Gasteiger partial charge on any atom is -0.256 e. The number of benzene rings is 1. The van der Waals surface area contributed by atoms with E-state index in [-0.39, 0.29) is 4.75 Å². The van der Waals surface area contributed by atoms with Gasteiger partial charge in [0.05, 0.1) is 0 Å². The van der Waals surface area contributed by atoms with Gasteiger partial charge in [-0.05, 0) is 45.1 Å². The first-order chi connectivity index (χ1) is 9.46. The van der Waals surface area contributed by atoms with Crippen LogP contribution in [-0.2, 0) is 0 Å². The first kappa shape index (κ1) is 16.0. The lowest BCUT2D eigenvalue weighted by Crippen LogP contribution is -2.29. The highest BCUT2D eigenvalue weighted by atomic mass is 32.2. The Morgan fingerprint density at radius 3 is 2.25 bits per heavy atom. The van der Waals surface area contributed by atoms with E-state index in [1.165, 1.54) is 37.7 Å². The third kappa shape index (κ3) is 4.85. The minimum absolute atomic E-state index is 0.237. The SMILES string of the molecule is [B]c1ccc(C(NSC(C)(C)C)C2CCCCC2)cc1. The molecular formula is C17H26BNS. The van der Waals surface area contributed by atoms with Gasteiger partial charge in [0.25, 0.3) is 0 Å². The topological polar surface area (TPSA) is 12.0 Å². The molecule has 1 aromatic rings. The summed E-state index contributed by atoms with van der Waals surface area (Å²) in [6, 6.07) is 8.86. The van der Waals surface area contributed by atoms with E-state index >= 15 is 0 Å². The molecule has 1 aromatic carbocycles. The van der Waals surface area contributed by atoms with E-state index in [4.69, 9.17) is 7.85 Å². The normalized spacial score (nSPS) is 18.9. The Morgan fingerprint density at radius 1 is 1.10 bits per heavy atom. The summed E-state index contributed by atoms with van der Waals surface area (Å²) < 4.78 is 3.98. The van der Waals surface area contributed by atoms with Gasteiger partial charge in [-0.1, -0.05) is 60.9 Å². The summed E-state index contributed by atoms with van der Waals surface area (Å²) in [5.41, 5.74) is 2.22. The van der Waals surface area contributed by atoms with Gasteiger partial charge in [-0.2, -0.15) is 0 Å². The van der Waals surface area contributed by atoms with Crippen LogP contribution in [0.2, 0.25) is 0 Å². The standard InChI is InChI=1S/C17H26BNS/c1-17(2,3)20-19-16(13-7-5-4-6-8-13)14-9-11-15(18)12-10-14/h9-13,16,19H,4-8H2,1-3H3. The number of nitrogens with one attached hydrogen (secondary N) is 1. The van der Waals surface area contributed by atoms with Crippen LogP contribution >= 0.6 is 11.9 Å². The third-order valence-electron chi connectivity index (χ3n) is 3.91. The molecule has 2 radical (unpaired) electrons. The lowest BCUT2D eigenvalue weighted by atomic mass is 9.81. The van der Waals surface area contributed by atoms with Gasteiger partial charge in [0.15, 0.2) is 0 Å². The molecule has 0 aromatic heterocycles. The fourth-order valence-electron chi connectivity index (χ4n) is 2.85. The van der Waals surface area contributed by atoms with Crippen molar-refractivity contribution in [2.75, 3.05) is 0 Å². The van der Waals surface area contributed by atoms with Crippen LogP contribution < -0.4 is 10.2 Å². The second-order valence-electron chi connectivity index (χ2n) is 6.87. The molecule has 0 aliphatic heterocycles. The number of rotatable bonds is 4. The minimum atomic E-state index is 0.237. The van der Waals surface area contributed by atoms with Crippen LogP contribution in [0.25, 0.3) is 0 Å². The van der Waals surface area contributed by atoms with Gasteiger partial charge >= 0.3 is 0 Å². The van der Waals surface area contributed by atoms with Crippen LogP contribution in [0.4, 0.5) is 0 Å². The zero-order chi connectivity index (χ0) is 14.6. The Labute approximate surface area is 129 Å². The highest BCUT2D eigenvalue weighted by Crippen LogP contribution is 2.36. The number of hydrogen-bond donors (Lipinski definition) is 1. The summed E-state index contributed by atoms with van der Waals surface area (Å²) >= 11 is 1.85. The zero-order valence-electron chi connectivity index (χ0n) is 13.0. The van der Waals surface area contributed by atoms with E-state index in [0.717, 1.165) is 11.4 Å². The van der Waals surface area contributed by atoms with Crippen LogP contribution in [0.15, 0.2) is 24.3 Å². The first-order valence-electron chi connectivity index (χ1n) is 7.75. The lowest BCUT2D eigenvalue weighted by Gasteiger charge is -2.33. The number of hydrogen-bond acceptors (Lipinski definition) is 2. The van der Waals surface area contributed by atoms with E-state index in [9.17, 15) is 0 Å². The average molecular weight is 287 g/mol. The van der Waals surface area contributed by atoms with Crippen molar-refractivity contribution >= 4 is 25.3 Å². The van der Waals surface area contributed by atoms with Crippen molar-refractivity contribution in [3.63, 3.8) is 0 Å². The van der Waals surface area contributed by atoms with Gasteiger partial charge in [-0.15, -0.1) is 0 Å². The Kier molecular flexibility index (Phi) is 5.62. The molecule has 108 valence electrons. The second kappa shape index (κ2) is 7.04. The Bertz CT molecular complexity index is 404. The van der Waals surface area contributed by atoms with Crippen LogP contribution in [0.3, 0.4) is 0 Å². The van der Waals surface area contributed by atoms with Gasteiger partial charge in [0, 0.05) is 10.8 Å². The summed E-state index contributed by atoms with van der Waals surface area (Å²) in [5, 5.41) is 0. The lowest BCUT2D eigenvalue weighted by molar-refractivity contribution is 0.297. The molecule has 2 rings (SSSR count). The quantitative estimate of drug-likeness (QED) is 0.660. The van der Waals surface area contributed by atoms with Gasteiger partial charge in [0.1, 0.15) is 7.85 Å². The molecular weight excluding hydrogens is 261 g/mol. The molecule has 0 heterocycles. The molecule has 1 nitrogen and oxygen atoms in total. The van der Waals surface area contributed by atoms with Crippen LogP contribution in [0.5, 0.6) is 0 Å². The maximum atomic E-state index is 5.82. The summed E-state index contributed by atoms with van der Waals surface area (Å²) in [7, 11) is 5.82. The molecule has 0 saturated heterocycles. The van der Waals surface area contributed by atoms with Crippen molar-refractivity contribution in [2.24, 2.45) is 5.92 Å². The van der Waals surface area contributed by atoms with Gasteiger partial charge < -0.3 is 0 Å². The van der Waals surface area contributed by atoms with Gasteiger partial charge in [0.2, 0.25) is 0 Å². The van der Waals surface area contributed by atoms with Crippen molar-refractivity contribution in [1.82, 2.24) is 4.72 Å². The summed E-state index contributed by atoms with van der Waals surface area (Å²) in [6.07, 6.45) is 6.83. The molecule has 1 saturated carbocycles. The zero-order valence-corrected chi connectivity index (χ0v) is 13.8. The van der Waals surface area contributed by atoms with E-state index in [2.05, 4.69) is 37.6 Å². The van der Waals surface area contributed by atoms with E-state index in [0.29, 0.717) is 6.04 Å². The highest BCUT2D eigenvalue weighted by molar-refractivity contribution is 7.98. The molecule has 3 heteroatoms. The van der Waals surface area contributed by atoms with Crippen molar-refractivity contribution in [3.05, 3.63) is 29.8 Å². The molecule has 0 bridgehead atoms. The molecule has 1 unspecified atom stereocenters. The van der Waals surface area contributed by atoms with Crippen LogP contribution in [-0.4, -0.2) is 12.6 Å². The Hall–Kier alpha value is -0.405. The molecule has 0 spiro atoms. The molecule has 1 N–H and O–H groups in total. The predicted octanol–water partition coefficient (Wildman–Crippen LogP) is 4.14. The van der Waals surface area contributed by atoms with Gasteiger partial charge in [-0.25, -0.2) is 0 Å². The smallest absolute Gasteiger partial charge is 0.113 e. The average Bonchev–Trinajstić information content (AvgIpc) is 2.41. The van der Waals surface area contributed by atoms with E-state index in [1.807, 2.05) is 24.1 Å². The Morgan fingerprint density at radius 2 is 1.70 bits per heavy atom. The van der Waals surface area contributed by atoms with Crippen molar-refractivity contribution in [3.8, 4) is 0 Å². The summed E-state index contributed by atoms with van der Waals surface area (Å²) in [4.78, 5) is 0. The van der Waals surface area contributed by atoms with Crippen molar-refractivity contribution in [2.45, 2.75) is 63.7 Å². The second-order valence-corrected chi connectivity index (χ2v) is 8.54. The largest absolute Gasteiger partial charge is 0.256 e. The predicted molar refractivity (Wildman–Crippen MR) is 91.6 cm³/mol. The molecule has 1 aliphatic carbocycles. The van der Waals surface area contributed by atoms with Crippen LogP contribution in [0, 0.1) is 5.92 Å². The fraction of sp³-hybridized carbons (Fsp3) is 0.647. The van der Waals surface area contributed by atoms with E-state index < -0.39 is 0 Å². The monoisotopic (exact) mass is 287 g/mol. The molecule has 20 heavy (non-hydrogen) atoms. The Balaban J connectivity index is 2.12. The molecule has 1 aliphatic rings. The summed E-state index contributed by atoms with van der Waals surface area (Å²) in [6.45, 7) is 6.77. The fourth-order valence-corrected chi connectivity index (χ4v) is 3.66.